The molecule has 2 aromatic rings. The maximum atomic E-state index is 11.9. The number of fused-ring (bicyclic) bond motifs is 2. The van der Waals surface area contributed by atoms with Crippen molar-refractivity contribution in [3.8, 4) is 0 Å². The molecule has 0 aromatic carbocycles. The van der Waals surface area contributed by atoms with E-state index in [1.807, 2.05) is 13.8 Å². The molecular weight excluding hydrogens is 417 g/mol. The molecular formula is C13H16IN5O4. The van der Waals surface area contributed by atoms with E-state index in [2.05, 4.69) is 32.6 Å². The molecule has 124 valence electrons. The van der Waals surface area contributed by atoms with Gasteiger partial charge in [-0.3, -0.25) is 4.57 Å². The summed E-state index contributed by atoms with van der Waals surface area (Å²) in [4.78, 5) is 19.7. The normalized spacial score (nSPS) is 32.5. The average molecular weight is 433 g/mol. The van der Waals surface area contributed by atoms with Gasteiger partial charge in [0.25, 0.3) is 0 Å². The number of aromatic nitrogens is 4. The van der Waals surface area contributed by atoms with Crippen molar-refractivity contribution in [3.05, 3.63) is 22.9 Å². The number of halogens is 1. The minimum Gasteiger partial charge on any atom is -0.368 e. The van der Waals surface area contributed by atoms with Crippen molar-refractivity contribution in [2.24, 2.45) is 0 Å². The monoisotopic (exact) mass is 433 g/mol. The molecule has 0 amide bonds. The van der Waals surface area contributed by atoms with E-state index in [0.717, 1.165) is 4.43 Å². The molecule has 0 saturated carbocycles. The van der Waals surface area contributed by atoms with Gasteiger partial charge in [-0.15, -0.1) is 0 Å². The number of hydrogen-bond donors (Lipinski definition) is 1. The fourth-order valence-electron chi connectivity index (χ4n) is 3.14. The van der Waals surface area contributed by atoms with Gasteiger partial charge in [-0.1, -0.05) is 22.6 Å². The third-order valence-corrected chi connectivity index (χ3v) is 4.87. The quantitative estimate of drug-likeness (QED) is 0.538. The lowest BCUT2D eigenvalue weighted by Gasteiger charge is -2.24. The number of rotatable bonds is 2. The third kappa shape index (κ3) is 2.35. The molecule has 2 fully saturated rings. The Morgan fingerprint density at radius 3 is 2.78 bits per heavy atom. The van der Waals surface area contributed by atoms with Crippen LogP contribution in [-0.4, -0.2) is 47.5 Å². The molecule has 4 unspecified atom stereocenters. The first-order valence-electron chi connectivity index (χ1n) is 7.19. The van der Waals surface area contributed by atoms with Crippen molar-refractivity contribution in [2.75, 3.05) is 10.2 Å². The number of nitrogens with two attached hydrogens (primary N) is 1. The lowest BCUT2D eigenvalue weighted by molar-refractivity contribution is -0.193. The number of nitrogen functional groups attached to an aromatic ring is 1. The van der Waals surface area contributed by atoms with Crippen molar-refractivity contribution in [1.29, 1.82) is 0 Å². The van der Waals surface area contributed by atoms with Gasteiger partial charge in [0, 0.05) is 16.8 Å². The Balaban J connectivity index is 1.80. The van der Waals surface area contributed by atoms with Crippen molar-refractivity contribution in [2.45, 2.75) is 44.2 Å². The summed E-state index contributed by atoms with van der Waals surface area (Å²) in [6, 6.07) is 0. The summed E-state index contributed by atoms with van der Waals surface area (Å²) in [5.41, 5.74) is 5.13. The average Bonchev–Trinajstić information content (AvgIpc) is 3.09. The zero-order valence-electron chi connectivity index (χ0n) is 12.5. The molecule has 2 saturated heterocycles. The summed E-state index contributed by atoms with van der Waals surface area (Å²) < 4.78 is 21.9. The minimum absolute atomic E-state index is 0.0705. The van der Waals surface area contributed by atoms with Crippen LogP contribution in [0, 0.1) is 0 Å². The summed E-state index contributed by atoms with van der Waals surface area (Å²) in [6.45, 7) is 3.76. The van der Waals surface area contributed by atoms with E-state index in [4.69, 9.17) is 19.9 Å². The Hall–Kier alpha value is -1.24. The summed E-state index contributed by atoms with van der Waals surface area (Å²) >= 11 is 2.26. The maximum Gasteiger partial charge on any atom is 0.357 e. The third-order valence-electron chi connectivity index (χ3n) is 4.01. The minimum atomic E-state index is -0.671. The Morgan fingerprint density at radius 2 is 2.04 bits per heavy atom. The predicted octanol–water partition coefficient (Wildman–Crippen LogP) is 0.326. The van der Waals surface area contributed by atoms with Gasteiger partial charge < -0.3 is 19.9 Å². The molecule has 0 aliphatic carbocycles. The molecule has 4 atom stereocenters. The zero-order valence-corrected chi connectivity index (χ0v) is 14.7. The molecule has 2 aromatic heterocycles. The molecule has 10 heteroatoms. The second-order valence-corrected chi connectivity index (χ2v) is 6.90. The first kappa shape index (κ1) is 15.3. The molecule has 4 rings (SSSR count). The van der Waals surface area contributed by atoms with Crippen LogP contribution in [0.2, 0.25) is 0 Å². The molecule has 2 N–H and O–H groups in total. The van der Waals surface area contributed by atoms with E-state index >= 15 is 0 Å². The topological polar surface area (TPSA) is 106 Å². The van der Waals surface area contributed by atoms with E-state index in [1.54, 1.807) is 17.0 Å². The van der Waals surface area contributed by atoms with E-state index in [9.17, 15) is 4.79 Å². The Bertz CT molecular complexity index is 818. The molecule has 4 heterocycles. The van der Waals surface area contributed by atoms with Gasteiger partial charge in [0.05, 0.1) is 6.10 Å². The van der Waals surface area contributed by atoms with Crippen LogP contribution in [0.25, 0.3) is 5.78 Å². The Morgan fingerprint density at radius 1 is 1.30 bits per heavy atom. The lowest BCUT2D eigenvalue weighted by atomic mass is 10.1. The summed E-state index contributed by atoms with van der Waals surface area (Å²) in [5.74, 6) is -0.373. The molecule has 0 radical (unpaired) electrons. The van der Waals surface area contributed by atoms with Gasteiger partial charge >= 0.3 is 5.69 Å². The largest absolute Gasteiger partial charge is 0.368 e. The van der Waals surface area contributed by atoms with Crippen molar-refractivity contribution in [1.82, 2.24) is 18.9 Å². The summed E-state index contributed by atoms with van der Waals surface area (Å²) in [6.07, 6.45) is 2.32. The van der Waals surface area contributed by atoms with Crippen molar-refractivity contribution in [3.63, 3.8) is 0 Å². The SMILES string of the molecule is CC1(C)OC2C(CI)OC(n3ccn4c(=O)nc(N)nc34)C2O1. The fraction of sp³-hybridized carbons (Fsp3) is 0.615. The molecule has 23 heavy (non-hydrogen) atoms. The lowest BCUT2D eigenvalue weighted by Crippen LogP contribution is -2.30. The van der Waals surface area contributed by atoms with E-state index in [0.29, 0.717) is 5.78 Å². The summed E-state index contributed by atoms with van der Waals surface area (Å²) in [5, 5.41) is 0. The highest BCUT2D eigenvalue weighted by Gasteiger charge is 2.55. The first-order chi connectivity index (χ1) is 10.9. The van der Waals surface area contributed by atoms with Gasteiger partial charge in [0.2, 0.25) is 11.7 Å². The number of ether oxygens (including phenoxy) is 3. The van der Waals surface area contributed by atoms with Crippen LogP contribution < -0.4 is 11.4 Å². The van der Waals surface area contributed by atoms with Crippen LogP contribution in [0.1, 0.15) is 20.1 Å². The number of imidazole rings is 1. The highest BCUT2D eigenvalue weighted by Crippen LogP contribution is 2.43. The second kappa shape index (κ2) is 5.13. The Labute approximate surface area is 144 Å². The van der Waals surface area contributed by atoms with E-state index in [-0.39, 0.29) is 24.3 Å². The Kier molecular flexibility index (Phi) is 3.41. The summed E-state index contributed by atoms with van der Waals surface area (Å²) in [7, 11) is 0. The van der Waals surface area contributed by atoms with Crippen LogP contribution in [0.4, 0.5) is 5.95 Å². The zero-order chi connectivity index (χ0) is 16.4. The molecule has 9 nitrogen and oxygen atoms in total. The van der Waals surface area contributed by atoms with Crippen LogP contribution in [0.15, 0.2) is 17.2 Å². The smallest absolute Gasteiger partial charge is 0.357 e. The van der Waals surface area contributed by atoms with E-state index < -0.39 is 17.7 Å². The number of alkyl halides is 1. The van der Waals surface area contributed by atoms with Gasteiger partial charge in [0.1, 0.15) is 12.2 Å². The highest BCUT2D eigenvalue weighted by atomic mass is 127. The van der Waals surface area contributed by atoms with Crippen LogP contribution in [0.3, 0.4) is 0 Å². The van der Waals surface area contributed by atoms with Gasteiger partial charge in [0.15, 0.2) is 12.0 Å². The first-order valence-corrected chi connectivity index (χ1v) is 8.72. The number of hydrogen-bond acceptors (Lipinski definition) is 7. The fourth-order valence-corrected chi connectivity index (χ4v) is 3.85. The highest BCUT2D eigenvalue weighted by molar-refractivity contribution is 14.1. The molecule has 2 aliphatic heterocycles. The van der Waals surface area contributed by atoms with Crippen LogP contribution in [0.5, 0.6) is 0 Å². The van der Waals surface area contributed by atoms with Crippen LogP contribution in [-0.2, 0) is 14.2 Å². The van der Waals surface area contributed by atoms with Crippen molar-refractivity contribution < 1.29 is 14.2 Å². The maximum absolute atomic E-state index is 11.9. The number of nitrogens with zero attached hydrogens (tertiary/aromatic N) is 4. The second-order valence-electron chi connectivity index (χ2n) is 6.02. The van der Waals surface area contributed by atoms with Crippen LogP contribution >= 0.6 is 22.6 Å². The standard InChI is InChI=1S/C13H16IN5O4/c1-13(2)22-7-6(5-14)21-9(8(7)23-13)18-3-4-19-11(18)16-10(15)17-12(19)20/h3-4,6-9H,5H2,1-2H3,(H2,15,17,20). The number of anilines is 1. The molecule has 0 spiro atoms. The van der Waals surface area contributed by atoms with Gasteiger partial charge in [-0.25, -0.2) is 9.20 Å². The molecule has 0 bridgehead atoms. The van der Waals surface area contributed by atoms with Gasteiger partial charge in [-0.2, -0.15) is 9.97 Å². The molecule has 2 aliphatic rings. The predicted molar refractivity (Wildman–Crippen MR) is 88.3 cm³/mol. The van der Waals surface area contributed by atoms with E-state index in [1.165, 1.54) is 4.40 Å². The van der Waals surface area contributed by atoms with Crippen molar-refractivity contribution >= 4 is 34.3 Å². The van der Waals surface area contributed by atoms with Gasteiger partial charge in [-0.05, 0) is 13.8 Å².